The number of aromatic hydroxyl groups is 1. The molecule has 18 heavy (non-hydrogen) atoms. The Labute approximate surface area is 110 Å². The first-order valence-corrected chi connectivity index (χ1v) is 6.09. The van der Waals surface area contributed by atoms with E-state index in [0.29, 0.717) is 16.3 Å². The first-order valence-electron chi connectivity index (χ1n) is 5.71. The van der Waals surface area contributed by atoms with Crippen molar-refractivity contribution in [2.45, 2.75) is 31.7 Å². The van der Waals surface area contributed by atoms with Gasteiger partial charge in [0.1, 0.15) is 5.54 Å². The smallest absolute Gasteiger partial charge is 0.235 e. The summed E-state index contributed by atoms with van der Waals surface area (Å²) in [4.78, 5) is 14.6. The minimum atomic E-state index is -0.639. The molecule has 0 saturated heterocycles. The van der Waals surface area contributed by atoms with Gasteiger partial charge in [0.05, 0.1) is 7.11 Å². The number of carbonyl (C=O) groups excluding carboxylic acids is 1. The quantitative estimate of drug-likeness (QED) is 0.676. The number of methoxy groups -OCH3 is 1. The summed E-state index contributed by atoms with van der Waals surface area (Å²) < 4.78 is 5.24. The Morgan fingerprint density at radius 3 is 2.67 bits per heavy atom. The van der Waals surface area contributed by atoms with Crippen LogP contribution in [-0.2, 0) is 10.3 Å². The summed E-state index contributed by atoms with van der Waals surface area (Å²) in [5.41, 5.74) is 0.842. The van der Waals surface area contributed by atoms with Gasteiger partial charge < -0.3 is 9.84 Å². The van der Waals surface area contributed by atoms with E-state index >= 15 is 0 Å². The van der Waals surface area contributed by atoms with Crippen molar-refractivity contribution < 1.29 is 14.6 Å². The molecule has 0 radical (unpaired) electrons. The molecule has 5 heteroatoms. The van der Waals surface area contributed by atoms with Gasteiger partial charge in [-0.25, -0.2) is 4.79 Å². The van der Waals surface area contributed by atoms with Gasteiger partial charge in [-0.15, -0.1) is 0 Å². The molecule has 1 aliphatic carbocycles. The number of aliphatic imine (C=N–C) groups is 1. The predicted molar refractivity (Wildman–Crippen MR) is 68.1 cm³/mol. The summed E-state index contributed by atoms with van der Waals surface area (Å²) in [6.07, 6.45) is 4.07. The summed E-state index contributed by atoms with van der Waals surface area (Å²) in [5.74, 6) is 0.311. The number of halogens is 1. The van der Waals surface area contributed by atoms with Gasteiger partial charge in [-0.1, -0.05) is 11.6 Å². The number of phenolic OH excluding ortho intramolecular Hbond substituents is 1. The van der Waals surface area contributed by atoms with Crippen LogP contribution >= 0.6 is 11.6 Å². The molecule has 1 N–H and O–H groups in total. The largest absolute Gasteiger partial charge is 0.504 e. The fourth-order valence-corrected chi connectivity index (χ4v) is 2.69. The van der Waals surface area contributed by atoms with Crippen LogP contribution in [0, 0.1) is 6.92 Å². The van der Waals surface area contributed by atoms with Crippen molar-refractivity contribution in [1.29, 1.82) is 0 Å². The molecule has 4 nitrogen and oxygen atoms in total. The fraction of sp³-hybridized carbons (Fsp3) is 0.462. The number of rotatable bonds is 3. The first-order chi connectivity index (χ1) is 8.55. The van der Waals surface area contributed by atoms with Crippen molar-refractivity contribution >= 4 is 17.7 Å². The fourth-order valence-electron chi connectivity index (χ4n) is 2.50. The Morgan fingerprint density at radius 1 is 1.56 bits per heavy atom. The van der Waals surface area contributed by atoms with Crippen LogP contribution in [0.4, 0.5) is 0 Å². The summed E-state index contributed by atoms with van der Waals surface area (Å²) in [6.45, 7) is 1.83. The summed E-state index contributed by atoms with van der Waals surface area (Å²) in [7, 11) is 1.48. The molecule has 0 amide bonds. The maximum absolute atomic E-state index is 10.6. The minimum Gasteiger partial charge on any atom is -0.504 e. The molecule has 2 rings (SSSR count). The van der Waals surface area contributed by atoms with Crippen molar-refractivity contribution in [3.8, 4) is 11.5 Å². The Hall–Kier alpha value is -1.51. The van der Waals surface area contributed by atoms with Crippen LogP contribution in [-0.4, -0.2) is 18.3 Å². The molecular weight excluding hydrogens is 254 g/mol. The second-order valence-corrected chi connectivity index (χ2v) is 4.91. The normalized spacial score (nSPS) is 16.6. The molecule has 0 atom stereocenters. The second kappa shape index (κ2) is 4.63. The number of benzene rings is 1. The highest BCUT2D eigenvalue weighted by Gasteiger charge is 2.43. The highest BCUT2D eigenvalue weighted by molar-refractivity contribution is 6.31. The topological polar surface area (TPSA) is 58.9 Å². The lowest BCUT2D eigenvalue weighted by atomic mass is 9.70. The first kappa shape index (κ1) is 12.9. The summed E-state index contributed by atoms with van der Waals surface area (Å²) >= 11 is 6.08. The Kier molecular flexibility index (Phi) is 3.33. The van der Waals surface area contributed by atoms with Crippen LogP contribution in [0.5, 0.6) is 11.5 Å². The SMILES string of the molecule is COc1c(O)cc(Cl)c(C)c1C1(N=C=O)CCC1. The second-order valence-electron chi connectivity index (χ2n) is 4.50. The maximum atomic E-state index is 10.6. The van der Waals surface area contributed by atoms with Crippen LogP contribution in [0.25, 0.3) is 0 Å². The molecule has 0 aromatic heterocycles. The third-order valence-electron chi connectivity index (χ3n) is 3.57. The lowest BCUT2D eigenvalue weighted by Crippen LogP contribution is -2.33. The third-order valence-corrected chi connectivity index (χ3v) is 3.96. The van der Waals surface area contributed by atoms with Gasteiger partial charge in [0.15, 0.2) is 11.5 Å². The van der Waals surface area contributed by atoms with E-state index in [1.807, 2.05) is 6.92 Å². The van der Waals surface area contributed by atoms with E-state index in [-0.39, 0.29) is 5.75 Å². The standard InChI is InChI=1S/C13H14ClNO3/c1-8-9(14)6-10(17)12(18-2)11(8)13(15-7-16)4-3-5-13/h6,17H,3-5H2,1-2H3. The maximum Gasteiger partial charge on any atom is 0.235 e. The van der Waals surface area contributed by atoms with Gasteiger partial charge in [-0.3, -0.25) is 0 Å². The van der Waals surface area contributed by atoms with E-state index < -0.39 is 5.54 Å². The summed E-state index contributed by atoms with van der Waals surface area (Å²) in [6, 6.07) is 1.44. The van der Waals surface area contributed by atoms with Gasteiger partial charge in [-0.05, 0) is 31.7 Å². The molecule has 1 aromatic carbocycles. The van der Waals surface area contributed by atoms with Crippen LogP contribution in [0.2, 0.25) is 5.02 Å². The Morgan fingerprint density at radius 2 is 2.22 bits per heavy atom. The predicted octanol–water partition coefficient (Wildman–Crippen LogP) is 3.08. The number of nitrogens with zero attached hydrogens (tertiary/aromatic N) is 1. The van der Waals surface area contributed by atoms with E-state index in [1.54, 1.807) is 6.08 Å². The highest BCUT2D eigenvalue weighted by Crippen LogP contribution is 2.52. The van der Waals surface area contributed by atoms with Crippen LogP contribution in [0.15, 0.2) is 11.1 Å². The number of hydrogen-bond acceptors (Lipinski definition) is 4. The van der Waals surface area contributed by atoms with Crippen molar-refractivity contribution in [2.24, 2.45) is 4.99 Å². The highest BCUT2D eigenvalue weighted by atomic mass is 35.5. The van der Waals surface area contributed by atoms with Gasteiger partial charge in [0, 0.05) is 16.7 Å². The number of isocyanates is 1. The average Bonchev–Trinajstić information content (AvgIpc) is 2.28. The molecule has 0 spiro atoms. The monoisotopic (exact) mass is 267 g/mol. The number of hydrogen-bond donors (Lipinski definition) is 1. The van der Waals surface area contributed by atoms with Crippen LogP contribution in [0.1, 0.15) is 30.4 Å². The van der Waals surface area contributed by atoms with Crippen molar-refractivity contribution in [3.05, 3.63) is 22.2 Å². The summed E-state index contributed by atoms with van der Waals surface area (Å²) in [5, 5.41) is 10.3. The molecule has 96 valence electrons. The molecule has 1 aliphatic rings. The lowest BCUT2D eigenvalue weighted by Gasteiger charge is -2.39. The molecule has 1 fully saturated rings. The zero-order valence-corrected chi connectivity index (χ0v) is 11.0. The van der Waals surface area contributed by atoms with Gasteiger partial charge in [0.2, 0.25) is 6.08 Å². The molecule has 0 aliphatic heterocycles. The molecule has 0 unspecified atom stereocenters. The molecule has 1 saturated carbocycles. The van der Waals surface area contributed by atoms with E-state index in [0.717, 1.165) is 24.8 Å². The molecule has 0 bridgehead atoms. The molecule has 1 aromatic rings. The Bertz CT molecular complexity index is 532. The third kappa shape index (κ3) is 1.78. The van der Waals surface area contributed by atoms with Crippen molar-refractivity contribution in [3.63, 3.8) is 0 Å². The lowest BCUT2D eigenvalue weighted by molar-refractivity contribution is 0.242. The number of phenols is 1. The van der Waals surface area contributed by atoms with E-state index in [9.17, 15) is 9.90 Å². The van der Waals surface area contributed by atoms with Gasteiger partial charge >= 0.3 is 0 Å². The zero-order valence-electron chi connectivity index (χ0n) is 10.3. The van der Waals surface area contributed by atoms with Crippen molar-refractivity contribution in [1.82, 2.24) is 0 Å². The van der Waals surface area contributed by atoms with Gasteiger partial charge in [0.25, 0.3) is 0 Å². The van der Waals surface area contributed by atoms with Crippen LogP contribution in [0.3, 0.4) is 0 Å². The van der Waals surface area contributed by atoms with Crippen molar-refractivity contribution in [2.75, 3.05) is 7.11 Å². The average molecular weight is 268 g/mol. The van der Waals surface area contributed by atoms with Gasteiger partial charge in [-0.2, -0.15) is 4.99 Å². The number of ether oxygens (including phenoxy) is 1. The minimum absolute atomic E-state index is 0.0320. The van der Waals surface area contributed by atoms with E-state index in [4.69, 9.17) is 16.3 Å². The zero-order chi connectivity index (χ0) is 13.3. The van der Waals surface area contributed by atoms with E-state index in [1.165, 1.54) is 13.2 Å². The Balaban J connectivity index is 2.72. The molecule has 0 heterocycles. The molecular formula is C13H14ClNO3. The van der Waals surface area contributed by atoms with E-state index in [2.05, 4.69) is 4.99 Å². The van der Waals surface area contributed by atoms with Crippen LogP contribution < -0.4 is 4.74 Å².